The van der Waals surface area contributed by atoms with Crippen LogP contribution in [0.1, 0.15) is 19.8 Å². The molecule has 1 unspecified atom stereocenters. The number of oxime groups is 1. The van der Waals surface area contributed by atoms with Crippen molar-refractivity contribution >= 4 is 34.3 Å². The van der Waals surface area contributed by atoms with Crippen LogP contribution in [-0.2, 0) is 9.63 Å². The molecule has 1 aliphatic rings. The molecule has 0 radical (unpaired) electrons. The first-order valence-corrected chi connectivity index (χ1v) is 5.83. The van der Waals surface area contributed by atoms with Crippen LogP contribution in [0.3, 0.4) is 0 Å². The fourth-order valence-electron chi connectivity index (χ4n) is 1.14. The Kier molecular flexibility index (Phi) is 4.50. The number of alkyl halides is 1. The molecule has 0 aromatic heterocycles. The monoisotopic (exact) mass is 311 g/mol. The molecule has 0 spiro atoms. The third-order valence-electron chi connectivity index (χ3n) is 1.94. The van der Waals surface area contributed by atoms with E-state index >= 15 is 0 Å². The Hall–Kier alpha value is -0.460. The molecule has 78 valence electrons. The normalized spacial score (nSPS) is 22.2. The van der Waals surface area contributed by atoms with Gasteiger partial charge in [-0.25, -0.2) is 9.18 Å². The van der Waals surface area contributed by atoms with E-state index in [9.17, 15) is 9.18 Å². The Morgan fingerprint density at radius 2 is 2.50 bits per heavy atom. The van der Waals surface area contributed by atoms with Crippen LogP contribution in [0, 0.1) is 5.92 Å². The first-order chi connectivity index (χ1) is 6.65. The third-order valence-corrected chi connectivity index (χ3v) is 2.57. The predicted molar refractivity (Wildman–Crippen MR) is 60.0 cm³/mol. The van der Waals surface area contributed by atoms with E-state index < -0.39 is 11.9 Å². The summed E-state index contributed by atoms with van der Waals surface area (Å²) < 4.78 is 14.1. The van der Waals surface area contributed by atoms with E-state index in [1.165, 1.54) is 6.08 Å². The SMILES string of the molecule is CC1=NOC(=O)C1CC(F)=CCCI. The number of halogens is 2. The first-order valence-electron chi connectivity index (χ1n) is 4.31. The third kappa shape index (κ3) is 3.04. The van der Waals surface area contributed by atoms with E-state index in [1.807, 2.05) is 0 Å². The van der Waals surface area contributed by atoms with E-state index in [0.717, 1.165) is 4.43 Å². The zero-order valence-electron chi connectivity index (χ0n) is 7.80. The molecule has 1 aliphatic heterocycles. The summed E-state index contributed by atoms with van der Waals surface area (Å²) >= 11 is 2.17. The topological polar surface area (TPSA) is 38.7 Å². The summed E-state index contributed by atoms with van der Waals surface area (Å²) in [6.07, 6.45) is 2.26. The summed E-state index contributed by atoms with van der Waals surface area (Å²) in [5, 5.41) is 3.50. The van der Waals surface area contributed by atoms with E-state index in [-0.39, 0.29) is 12.2 Å². The van der Waals surface area contributed by atoms with Crippen molar-refractivity contribution in [3.63, 3.8) is 0 Å². The molecule has 0 aliphatic carbocycles. The molecule has 3 nitrogen and oxygen atoms in total. The minimum absolute atomic E-state index is 0.0742. The van der Waals surface area contributed by atoms with Gasteiger partial charge in [0.2, 0.25) is 0 Å². The van der Waals surface area contributed by atoms with Crippen LogP contribution in [0.2, 0.25) is 0 Å². The summed E-state index contributed by atoms with van der Waals surface area (Å²) in [4.78, 5) is 15.5. The Morgan fingerprint density at radius 1 is 1.79 bits per heavy atom. The molecule has 1 heterocycles. The molecule has 1 atom stereocenters. The average Bonchev–Trinajstić information content (AvgIpc) is 2.46. The van der Waals surface area contributed by atoms with Gasteiger partial charge in [0.25, 0.3) is 0 Å². The van der Waals surface area contributed by atoms with Gasteiger partial charge in [-0.15, -0.1) is 0 Å². The number of rotatable bonds is 4. The van der Waals surface area contributed by atoms with Crippen LogP contribution in [0.4, 0.5) is 4.39 Å². The zero-order chi connectivity index (χ0) is 10.6. The number of allylic oxidation sites excluding steroid dienone is 2. The molecule has 1 rings (SSSR count). The Morgan fingerprint density at radius 3 is 3.00 bits per heavy atom. The highest BCUT2D eigenvalue weighted by Gasteiger charge is 2.30. The highest BCUT2D eigenvalue weighted by atomic mass is 127. The lowest BCUT2D eigenvalue weighted by Crippen LogP contribution is -2.16. The maximum Gasteiger partial charge on any atom is 0.344 e. The quantitative estimate of drug-likeness (QED) is 0.455. The van der Waals surface area contributed by atoms with Crippen LogP contribution >= 0.6 is 22.6 Å². The maximum absolute atomic E-state index is 13.2. The van der Waals surface area contributed by atoms with Crippen LogP contribution in [0.5, 0.6) is 0 Å². The molecule has 0 bridgehead atoms. The van der Waals surface area contributed by atoms with Gasteiger partial charge in [-0.1, -0.05) is 33.8 Å². The van der Waals surface area contributed by atoms with Crippen molar-refractivity contribution in [2.75, 3.05) is 4.43 Å². The Labute approximate surface area is 95.5 Å². The van der Waals surface area contributed by atoms with Gasteiger partial charge < -0.3 is 4.84 Å². The maximum atomic E-state index is 13.2. The number of hydrogen-bond donors (Lipinski definition) is 0. The summed E-state index contributed by atoms with van der Waals surface area (Å²) in [5.41, 5.74) is 0.549. The van der Waals surface area contributed by atoms with Crippen molar-refractivity contribution in [1.82, 2.24) is 0 Å². The molecule has 0 fully saturated rings. The van der Waals surface area contributed by atoms with Crippen molar-refractivity contribution in [3.8, 4) is 0 Å². The molecular formula is C9H11FINO2. The van der Waals surface area contributed by atoms with Crippen LogP contribution in [0.25, 0.3) is 0 Å². The average molecular weight is 311 g/mol. The van der Waals surface area contributed by atoms with Crippen molar-refractivity contribution in [2.24, 2.45) is 11.1 Å². The fourth-order valence-corrected chi connectivity index (χ4v) is 1.45. The molecule has 0 saturated heterocycles. The number of carbonyl (C=O) groups excluding carboxylic acids is 1. The van der Waals surface area contributed by atoms with Crippen molar-refractivity contribution < 1.29 is 14.0 Å². The van der Waals surface area contributed by atoms with E-state index in [2.05, 4.69) is 32.6 Å². The summed E-state index contributed by atoms with van der Waals surface area (Å²) in [7, 11) is 0. The van der Waals surface area contributed by atoms with Gasteiger partial charge in [0.1, 0.15) is 5.92 Å². The highest BCUT2D eigenvalue weighted by Crippen LogP contribution is 2.21. The number of hydrogen-bond acceptors (Lipinski definition) is 3. The van der Waals surface area contributed by atoms with E-state index in [0.29, 0.717) is 12.1 Å². The fraction of sp³-hybridized carbons (Fsp3) is 0.556. The largest absolute Gasteiger partial charge is 0.344 e. The second-order valence-corrected chi connectivity index (χ2v) is 4.11. The predicted octanol–water partition coefficient (Wildman–Crippen LogP) is 2.60. The smallest absolute Gasteiger partial charge is 0.318 e. The standard InChI is InChI=1S/C9H11FINO2/c1-6-8(9(13)14-12-6)5-7(10)3-2-4-11/h3,8H,2,4-5H2,1H3. The van der Waals surface area contributed by atoms with Gasteiger partial charge in [0.05, 0.1) is 11.5 Å². The zero-order valence-corrected chi connectivity index (χ0v) is 9.95. The molecule has 0 amide bonds. The summed E-state index contributed by atoms with van der Waals surface area (Å²) in [6.45, 7) is 1.67. The molecule has 5 heteroatoms. The van der Waals surface area contributed by atoms with Crippen LogP contribution < -0.4 is 0 Å². The molecule has 14 heavy (non-hydrogen) atoms. The number of nitrogens with zero attached hydrogens (tertiary/aromatic N) is 1. The molecule has 0 saturated carbocycles. The van der Waals surface area contributed by atoms with Gasteiger partial charge in [-0.3, -0.25) is 0 Å². The molecule has 0 N–H and O–H groups in total. The molecular weight excluding hydrogens is 300 g/mol. The lowest BCUT2D eigenvalue weighted by atomic mass is 10.0. The minimum atomic E-state index is -0.527. The Bertz CT molecular complexity index is 289. The first kappa shape index (κ1) is 11.6. The van der Waals surface area contributed by atoms with E-state index in [1.54, 1.807) is 6.92 Å². The minimum Gasteiger partial charge on any atom is -0.318 e. The summed E-state index contributed by atoms with van der Waals surface area (Å²) in [6, 6.07) is 0. The van der Waals surface area contributed by atoms with Gasteiger partial charge >= 0.3 is 5.97 Å². The van der Waals surface area contributed by atoms with Gasteiger partial charge in [-0.05, 0) is 13.3 Å². The van der Waals surface area contributed by atoms with Gasteiger partial charge in [0, 0.05) is 10.8 Å². The van der Waals surface area contributed by atoms with Crippen molar-refractivity contribution in [2.45, 2.75) is 19.8 Å². The van der Waals surface area contributed by atoms with Crippen molar-refractivity contribution in [1.29, 1.82) is 0 Å². The second-order valence-electron chi connectivity index (χ2n) is 3.03. The van der Waals surface area contributed by atoms with Crippen LogP contribution in [-0.4, -0.2) is 16.1 Å². The molecule has 0 aromatic carbocycles. The second kappa shape index (κ2) is 5.43. The van der Waals surface area contributed by atoms with Crippen LogP contribution in [0.15, 0.2) is 17.1 Å². The lowest BCUT2D eigenvalue weighted by molar-refractivity contribution is -0.143. The van der Waals surface area contributed by atoms with Crippen molar-refractivity contribution in [3.05, 3.63) is 11.9 Å². The van der Waals surface area contributed by atoms with Gasteiger partial charge in [0.15, 0.2) is 0 Å². The summed E-state index contributed by atoms with van der Waals surface area (Å²) in [5.74, 6) is -1.25. The Balaban J connectivity index is 2.51. The lowest BCUT2D eigenvalue weighted by Gasteiger charge is -2.03. The molecule has 0 aromatic rings. The van der Waals surface area contributed by atoms with E-state index in [4.69, 9.17) is 0 Å². The highest BCUT2D eigenvalue weighted by molar-refractivity contribution is 14.1. The number of carbonyl (C=O) groups is 1. The van der Waals surface area contributed by atoms with Gasteiger partial charge in [-0.2, -0.15) is 0 Å².